The zero-order valence-corrected chi connectivity index (χ0v) is 13.6. The van der Waals surface area contributed by atoms with Crippen molar-refractivity contribution in [2.24, 2.45) is 5.92 Å². The van der Waals surface area contributed by atoms with E-state index in [1.807, 2.05) is 0 Å². The van der Waals surface area contributed by atoms with Crippen LogP contribution in [0.25, 0.3) is 10.8 Å². The van der Waals surface area contributed by atoms with E-state index in [2.05, 4.69) is 52.3 Å². The highest BCUT2D eigenvalue weighted by Crippen LogP contribution is 2.31. The van der Waals surface area contributed by atoms with Crippen molar-refractivity contribution in [2.45, 2.75) is 25.8 Å². The van der Waals surface area contributed by atoms with Crippen LogP contribution in [0.15, 0.2) is 42.5 Å². The molecule has 0 aromatic heterocycles. The highest BCUT2D eigenvalue weighted by atomic mass is 16.2. The second-order valence-electron chi connectivity index (χ2n) is 6.91. The number of fused-ring (bicyclic) bond motifs is 1. The third-order valence-corrected chi connectivity index (χ3v) is 5.05. The molecule has 0 atom stereocenters. The maximum atomic E-state index is 12.2. The topological polar surface area (TPSA) is 23.6 Å². The van der Waals surface area contributed by atoms with E-state index in [1.54, 1.807) is 0 Å². The molecule has 3 nitrogen and oxygen atoms in total. The predicted molar refractivity (Wildman–Crippen MR) is 93.1 cm³/mol. The fraction of sp³-hybridized carbons (Fsp3) is 0.450. The van der Waals surface area contributed by atoms with Gasteiger partial charge in [0.05, 0.1) is 0 Å². The van der Waals surface area contributed by atoms with Gasteiger partial charge in [-0.15, -0.1) is 0 Å². The molecule has 2 fully saturated rings. The first kappa shape index (κ1) is 14.7. The van der Waals surface area contributed by atoms with Gasteiger partial charge in [-0.25, -0.2) is 0 Å². The second-order valence-corrected chi connectivity index (χ2v) is 6.91. The molecule has 3 heteroatoms. The van der Waals surface area contributed by atoms with Crippen molar-refractivity contribution in [2.75, 3.05) is 26.2 Å². The zero-order valence-electron chi connectivity index (χ0n) is 13.6. The first-order chi connectivity index (χ1) is 11.3. The molecule has 0 bridgehead atoms. The molecular formula is C20H24N2O. The summed E-state index contributed by atoms with van der Waals surface area (Å²) in [6.07, 6.45) is 3.30. The Bertz CT molecular complexity index is 708. The molecule has 23 heavy (non-hydrogen) atoms. The number of rotatable bonds is 3. The molecule has 1 saturated heterocycles. The summed E-state index contributed by atoms with van der Waals surface area (Å²) >= 11 is 0. The maximum absolute atomic E-state index is 12.2. The fourth-order valence-corrected chi connectivity index (χ4v) is 3.53. The Morgan fingerprint density at radius 1 is 0.957 bits per heavy atom. The summed E-state index contributed by atoms with van der Waals surface area (Å²) in [5.41, 5.74) is 1.37. The normalized spacial score (nSPS) is 19.7. The van der Waals surface area contributed by atoms with Crippen LogP contribution in [-0.4, -0.2) is 41.9 Å². The monoisotopic (exact) mass is 308 g/mol. The average molecular weight is 308 g/mol. The Morgan fingerprint density at radius 3 is 2.61 bits per heavy atom. The SMILES string of the molecule is O=C(C1CC1)N1CCCN(Cc2ccc3ccccc3c2)CC1. The van der Waals surface area contributed by atoms with Crippen LogP contribution < -0.4 is 0 Å². The molecule has 1 aliphatic carbocycles. The lowest BCUT2D eigenvalue weighted by Gasteiger charge is -2.22. The van der Waals surface area contributed by atoms with E-state index in [9.17, 15) is 4.79 Å². The third-order valence-electron chi connectivity index (χ3n) is 5.05. The van der Waals surface area contributed by atoms with E-state index >= 15 is 0 Å². The Balaban J connectivity index is 1.40. The van der Waals surface area contributed by atoms with Crippen LogP contribution in [0.1, 0.15) is 24.8 Å². The zero-order chi connectivity index (χ0) is 15.6. The van der Waals surface area contributed by atoms with Crippen LogP contribution in [0.5, 0.6) is 0 Å². The molecule has 0 unspecified atom stereocenters. The van der Waals surface area contributed by atoms with Gasteiger partial charge in [0.2, 0.25) is 5.91 Å². The van der Waals surface area contributed by atoms with Crippen molar-refractivity contribution in [1.29, 1.82) is 0 Å². The second kappa shape index (κ2) is 6.32. The Morgan fingerprint density at radius 2 is 1.78 bits per heavy atom. The molecule has 2 aliphatic rings. The molecule has 0 spiro atoms. The van der Waals surface area contributed by atoms with E-state index < -0.39 is 0 Å². The molecule has 0 radical (unpaired) electrons. The standard InChI is InChI=1S/C20H24N2O/c23-20(18-8-9-18)22-11-3-10-21(12-13-22)15-16-6-7-17-4-1-2-5-19(17)14-16/h1-2,4-7,14,18H,3,8-13,15H2. The molecule has 1 heterocycles. The van der Waals surface area contributed by atoms with E-state index in [-0.39, 0.29) is 0 Å². The number of hydrogen-bond donors (Lipinski definition) is 0. The summed E-state index contributed by atoms with van der Waals surface area (Å²) in [4.78, 5) is 16.8. The Hall–Kier alpha value is -1.87. The summed E-state index contributed by atoms with van der Waals surface area (Å²) in [6.45, 7) is 4.88. The van der Waals surface area contributed by atoms with Crippen molar-refractivity contribution >= 4 is 16.7 Å². The number of carbonyl (C=O) groups excluding carboxylic acids is 1. The van der Waals surface area contributed by atoms with Crippen LogP contribution in [-0.2, 0) is 11.3 Å². The third kappa shape index (κ3) is 3.40. The summed E-state index contributed by atoms with van der Waals surface area (Å²) in [5.74, 6) is 0.750. The van der Waals surface area contributed by atoms with E-state index in [4.69, 9.17) is 0 Å². The summed E-state index contributed by atoms with van der Waals surface area (Å²) in [6, 6.07) is 15.3. The molecule has 2 aromatic carbocycles. The Labute approximate surface area is 137 Å². The Kier molecular flexibility index (Phi) is 4.04. The van der Waals surface area contributed by atoms with Crippen LogP contribution in [0.2, 0.25) is 0 Å². The molecule has 1 amide bonds. The lowest BCUT2D eigenvalue weighted by Crippen LogP contribution is -2.35. The minimum absolute atomic E-state index is 0.349. The highest BCUT2D eigenvalue weighted by Gasteiger charge is 2.33. The van der Waals surface area contributed by atoms with Crippen molar-refractivity contribution in [3.05, 3.63) is 48.0 Å². The molecule has 120 valence electrons. The predicted octanol–water partition coefficient (Wildman–Crippen LogP) is 3.28. The summed E-state index contributed by atoms with van der Waals surface area (Å²) in [5, 5.41) is 2.61. The number of nitrogens with zero attached hydrogens (tertiary/aromatic N) is 2. The van der Waals surface area contributed by atoms with Gasteiger partial charge in [-0.1, -0.05) is 36.4 Å². The van der Waals surface area contributed by atoms with Gasteiger partial charge in [0.25, 0.3) is 0 Å². The van der Waals surface area contributed by atoms with Crippen LogP contribution in [0.4, 0.5) is 0 Å². The van der Waals surface area contributed by atoms with E-state index in [1.165, 1.54) is 16.3 Å². The van der Waals surface area contributed by atoms with Gasteiger partial charge in [-0.05, 0) is 41.7 Å². The minimum Gasteiger partial charge on any atom is -0.341 e. The molecule has 1 aliphatic heterocycles. The average Bonchev–Trinajstić information content (AvgIpc) is 3.42. The molecule has 0 N–H and O–H groups in total. The number of carbonyl (C=O) groups is 1. The van der Waals surface area contributed by atoms with Crippen molar-refractivity contribution in [1.82, 2.24) is 9.80 Å². The van der Waals surface area contributed by atoms with Gasteiger partial charge in [0.1, 0.15) is 0 Å². The number of amides is 1. The van der Waals surface area contributed by atoms with Gasteiger partial charge >= 0.3 is 0 Å². The largest absolute Gasteiger partial charge is 0.341 e. The van der Waals surface area contributed by atoms with Gasteiger partial charge in [-0.3, -0.25) is 9.69 Å². The molecule has 2 aromatic rings. The first-order valence-electron chi connectivity index (χ1n) is 8.78. The maximum Gasteiger partial charge on any atom is 0.225 e. The van der Waals surface area contributed by atoms with E-state index in [0.717, 1.165) is 52.0 Å². The van der Waals surface area contributed by atoms with Crippen molar-refractivity contribution in [3.63, 3.8) is 0 Å². The molecular weight excluding hydrogens is 284 g/mol. The number of benzene rings is 2. The van der Waals surface area contributed by atoms with Gasteiger partial charge in [0, 0.05) is 38.6 Å². The first-order valence-corrected chi connectivity index (χ1v) is 8.78. The van der Waals surface area contributed by atoms with Crippen molar-refractivity contribution < 1.29 is 4.79 Å². The lowest BCUT2D eigenvalue weighted by molar-refractivity contribution is -0.132. The van der Waals surface area contributed by atoms with E-state index in [0.29, 0.717) is 11.8 Å². The quantitative estimate of drug-likeness (QED) is 0.869. The number of hydrogen-bond acceptors (Lipinski definition) is 2. The summed E-state index contributed by atoms with van der Waals surface area (Å²) < 4.78 is 0. The smallest absolute Gasteiger partial charge is 0.225 e. The highest BCUT2D eigenvalue weighted by molar-refractivity contribution is 5.83. The van der Waals surface area contributed by atoms with Crippen LogP contribution >= 0.6 is 0 Å². The molecule has 1 saturated carbocycles. The van der Waals surface area contributed by atoms with Crippen LogP contribution in [0, 0.1) is 5.92 Å². The minimum atomic E-state index is 0.349. The van der Waals surface area contributed by atoms with Gasteiger partial charge in [-0.2, -0.15) is 0 Å². The summed E-state index contributed by atoms with van der Waals surface area (Å²) in [7, 11) is 0. The lowest BCUT2D eigenvalue weighted by atomic mass is 10.1. The van der Waals surface area contributed by atoms with Crippen LogP contribution in [0.3, 0.4) is 0 Å². The van der Waals surface area contributed by atoms with Gasteiger partial charge in [0.15, 0.2) is 0 Å². The van der Waals surface area contributed by atoms with Crippen molar-refractivity contribution in [3.8, 4) is 0 Å². The molecule has 4 rings (SSSR count). The fourth-order valence-electron chi connectivity index (χ4n) is 3.53. The van der Waals surface area contributed by atoms with Gasteiger partial charge < -0.3 is 4.90 Å².